The first-order valence-electron chi connectivity index (χ1n) is 5.01. The van der Waals surface area contributed by atoms with E-state index in [4.69, 9.17) is 14.6 Å². The van der Waals surface area contributed by atoms with Crippen LogP contribution < -0.4 is 4.74 Å². The Morgan fingerprint density at radius 3 is 2.24 bits per heavy atom. The number of Topliss-reactive ketones (excluding diaryl/α,β-unsaturated/α-hetero) is 1. The first-order chi connectivity index (χ1) is 8.08. The van der Waals surface area contributed by atoms with Gasteiger partial charge in [0.2, 0.25) is 0 Å². The van der Waals surface area contributed by atoms with Crippen molar-refractivity contribution in [3.63, 3.8) is 0 Å². The smallest absolute Gasteiger partial charge is 0.333 e. The highest BCUT2D eigenvalue weighted by Crippen LogP contribution is 2.14. The number of hydrogen-bond acceptors (Lipinski definition) is 4. The molecule has 0 fully saturated rings. The monoisotopic (exact) mass is 238 g/mol. The maximum Gasteiger partial charge on any atom is 0.333 e. The number of hydrogen-bond donors (Lipinski definition) is 1. The summed E-state index contributed by atoms with van der Waals surface area (Å²) in [6.07, 6.45) is -1.29. The van der Waals surface area contributed by atoms with Gasteiger partial charge in [-0.2, -0.15) is 0 Å². The summed E-state index contributed by atoms with van der Waals surface area (Å²) in [6.45, 7) is 0. The molecular weight excluding hydrogens is 224 g/mol. The number of ketones is 1. The lowest BCUT2D eigenvalue weighted by Gasteiger charge is -2.09. The zero-order chi connectivity index (χ0) is 12.8. The van der Waals surface area contributed by atoms with Gasteiger partial charge < -0.3 is 14.6 Å². The van der Waals surface area contributed by atoms with Crippen LogP contribution in [-0.4, -0.2) is 37.2 Å². The lowest BCUT2D eigenvalue weighted by Crippen LogP contribution is -2.25. The molecule has 0 aliphatic carbocycles. The van der Waals surface area contributed by atoms with Gasteiger partial charge in [0.25, 0.3) is 0 Å². The van der Waals surface area contributed by atoms with Gasteiger partial charge in [-0.05, 0) is 24.3 Å². The second-order valence-corrected chi connectivity index (χ2v) is 3.42. The molecule has 1 aromatic rings. The van der Waals surface area contributed by atoms with E-state index in [9.17, 15) is 9.59 Å². The molecule has 0 aliphatic heterocycles. The van der Waals surface area contributed by atoms with E-state index in [2.05, 4.69) is 0 Å². The highest BCUT2D eigenvalue weighted by Gasteiger charge is 2.21. The lowest BCUT2D eigenvalue weighted by atomic mass is 10.1. The topological polar surface area (TPSA) is 72.8 Å². The molecular formula is C12H14O5. The molecule has 0 aromatic heterocycles. The van der Waals surface area contributed by atoms with Crippen LogP contribution in [0.3, 0.4) is 0 Å². The van der Waals surface area contributed by atoms with Crippen molar-refractivity contribution >= 4 is 11.8 Å². The van der Waals surface area contributed by atoms with Crippen molar-refractivity contribution in [2.24, 2.45) is 0 Å². The van der Waals surface area contributed by atoms with Gasteiger partial charge in [-0.1, -0.05) is 0 Å². The maximum absolute atomic E-state index is 11.7. The molecule has 0 spiro atoms. The molecule has 0 saturated heterocycles. The van der Waals surface area contributed by atoms with Crippen molar-refractivity contribution in [1.29, 1.82) is 0 Å². The lowest BCUT2D eigenvalue weighted by molar-refractivity contribution is -0.148. The number of ether oxygens (including phenoxy) is 2. The molecule has 0 amide bonds. The molecule has 1 rings (SSSR count). The van der Waals surface area contributed by atoms with Gasteiger partial charge in [-0.15, -0.1) is 0 Å². The third-order valence-corrected chi connectivity index (χ3v) is 2.34. The molecule has 0 radical (unpaired) electrons. The van der Waals surface area contributed by atoms with Crippen molar-refractivity contribution in [2.45, 2.75) is 12.5 Å². The summed E-state index contributed by atoms with van der Waals surface area (Å²) in [5.41, 5.74) is 0.439. The average Bonchev–Trinajstić information content (AvgIpc) is 2.35. The standard InChI is InChI=1S/C12H14O5/c1-16-9-5-3-8(4-6-9)10(13)7-11(17-2)12(14)15/h3-6,11H,7H2,1-2H3,(H,14,15). The summed E-state index contributed by atoms with van der Waals surface area (Å²) >= 11 is 0. The molecule has 92 valence electrons. The Morgan fingerprint density at radius 2 is 1.82 bits per heavy atom. The third kappa shape index (κ3) is 3.57. The highest BCUT2D eigenvalue weighted by molar-refractivity contribution is 5.98. The number of benzene rings is 1. The van der Waals surface area contributed by atoms with Crippen molar-refractivity contribution in [3.8, 4) is 5.75 Å². The summed E-state index contributed by atoms with van der Waals surface area (Å²) in [7, 11) is 2.79. The van der Waals surface area contributed by atoms with Crippen molar-refractivity contribution in [2.75, 3.05) is 14.2 Å². The van der Waals surface area contributed by atoms with E-state index in [1.165, 1.54) is 14.2 Å². The van der Waals surface area contributed by atoms with Crippen molar-refractivity contribution < 1.29 is 24.2 Å². The number of rotatable bonds is 6. The number of carboxylic acids is 1. The second-order valence-electron chi connectivity index (χ2n) is 3.42. The predicted octanol–water partition coefficient (Wildman–Crippen LogP) is 1.37. The first kappa shape index (κ1) is 13.2. The predicted molar refractivity (Wildman–Crippen MR) is 60.4 cm³/mol. The third-order valence-electron chi connectivity index (χ3n) is 2.34. The van der Waals surface area contributed by atoms with Gasteiger partial charge in [-0.3, -0.25) is 4.79 Å². The molecule has 1 atom stereocenters. The molecule has 5 heteroatoms. The molecule has 1 aromatic carbocycles. The fourth-order valence-electron chi connectivity index (χ4n) is 1.33. The highest BCUT2D eigenvalue weighted by atomic mass is 16.5. The van der Waals surface area contributed by atoms with E-state index >= 15 is 0 Å². The number of carbonyl (C=O) groups excluding carboxylic acids is 1. The zero-order valence-electron chi connectivity index (χ0n) is 9.67. The van der Waals surface area contributed by atoms with Crippen molar-refractivity contribution in [1.82, 2.24) is 0 Å². The molecule has 17 heavy (non-hydrogen) atoms. The van der Waals surface area contributed by atoms with E-state index in [1.54, 1.807) is 24.3 Å². The first-order valence-corrected chi connectivity index (χ1v) is 5.01. The fraction of sp³-hybridized carbons (Fsp3) is 0.333. The minimum atomic E-state index is -1.14. The number of methoxy groups -OCH3 is 2. The summed E-state index contributed by atoms with van der Waals surface area (Å²) in [5, 5.41) is 8.75. The average molecular weight is 238 g/mol. The molecule has 5 nitrogen and oxygen atoms in total. The van der Waals surface area contributed by atoms with Crippen LogP contribution in [0.1, 0.15) is 16.8 Å². The van der Waals surface area contributed by atoms with Gasteiger partial charge in [0.1, 0.15) is 5.75 Å². The second kappa shape index (κ2) is 6.00. The number of carboxylic acid groups (broad SMARTS) is 1. The summed E-state index contributed by atoms with van der Waals surface area (Å²) in [6, 6.07) is 6.48. The minimum absolute atomic E-state index is 0.182. The molecule has 1 N–H and O–H groups in total. The van der Waals surface area contributed by atoms with Gasteiger partial charge in [-0.25, -0.2) is 4.79 Å². The van der Waals surface area contributed by atoms with Gasteiger partial charge in [0.05, 0.1) is 7.11 Å². The van der Waals surface area contributed by atoms with Crippen LogP contribution >= 0.6 is 0 Å². The summed E-state index contributed by atoms with van der Waals surface area (Å²) in [5.74, 6) is -0.778. The Kier molecular flexibility index (Phi) is 4.66. The molecule has 0 aliphatic rings. The zero-order valence-corrected chi connectivity index (χ0v) is 9.67. The fourth-order valence-corrected chi connectivity index (χ4v) is 1.33. The Bertz CT molecular complexity index is 396. The van der Waals surface area contributed by atoms with Crippen LogP contribution in [-0.2, 0) is 9.53 Å². The van der Waals surface area contributed by atoms with E-state index in [-0.39, 0.29) is 12.2 Å². The van der Waals surface area contributed by atoms with Crippen LogP contribution in [0.15, 0.2) is 24.3 Å². The summed E-state index contributed by atoms with van der Waals surface area (Å²) in [4.78, 5) is 22.4. The largest absolute Gasteiger partial charge is 0.497 e. The van der Waals surface area contributed by atoms with E-state index in [0.29, 0.717) is 11.3 Å². The normalized spacial score (nSPS) is 11.9. The minimum Gasteiger partial charge on any atom is -0.497 e. The van der Waals surface area contributed by atoms with Crippen LogP contribution in [0.2, 0.25) is 0 Å². The van der Waals surface area contributed by atoms with Gasteiger partial charge in [0, 0.05) is 19.1 Å². The number of aliphatic carboxylic acids is 1. The Labute approximate surface area is 99.0 Å². The van der Waals surface area contributed by atoms with E-state index in [1.807, 2.05) is 0 Å². The molecule has 1 unspecified atom stereocenters. The molecule has 0 bridgehead atoms. The Morgan fingerprint density at radius 1 is 1.24 bits per heavy atom. The quantitative estimate of drug-likeness (QED) is 0.758. The van der Waals surface area contributed by atoms with Gasteiger partial charge in [0.15, 0.2) is 11.9 Å². The SMILES string of the molecule is COc1ccc(C(=O)CC(OC)C(=O)O)cc1. The van der Waals surface area contributed by atoms with Crippen LogP contribution in [0.5, 0.6) is 5.75 Å². The maximum atomic E-state index is 11.7. The number of carbonyl (C=O) groups is 2. The van der Waals surface area contributed by atoms with Gasteiger partial charge >= 0.3 is 5.97 Å². The Balaban J connectivity index is 2.72. The van der Waals surface area contributed by atoms with E-state index < -0.39 is 12.1 Å². The van der Waals surface area contributed by atoms with Crippen LogP contribution in [0.25, 0.3) is 0 Å². The van der Waals surface area contributed by atoms with Crippen molar-refractivity contribution in [3.05, 3.63) is 29.8 Å². The van der Waals surface area contributed by atoms with Crippen LogP contribution in [0, 0.1) is 0 Å². The van der Waals surface area contributed by atoms with E-state index in [0.717, 1.165) is 0 Å². The van der Waals surface area contributed by atoms with Crippen LogP contribution in [0.4, 0.5) is 0 Å². The molecule has 0 heterocycles. The molecule has 0 saturated carbocycles. The summed E-state index contributed by atoms with van der Waals surface area (Å²) < 4.78 is 9.66. The Hall–Kier alpha value is -1.88.